The van der Waals surface area contributed by atoms with E-state index in [2.05, 4.69) is 11.4 Å². The number of furan rings is 1. The van der Waals surface area contributed by atoms with Crippen LogP contribution in [0.25, 0.3) is 28.1 Å². The van der Waals surface area contributed by atoms with Gasteiger partial charge in [-0.25, -0.2) is 0 Å². The number of esters is 1. The van der Waals surface area contributed by atoms with Gasteiger partial charge in [0.15, 0.2) is 5.76 Å². The van der Waals surface area contributed by atoms with E-state index in [0.29, 0.717) is 22.8 Å². The monoisotopic (exact) mass is 505 g/mol. The molecule has 1 N–H and O–H groups in total. The minimum atomic E-state index is -0.448. The first-order chi connectivity index (χ1) is 18.3. The number of anilines is 1. The van der Waals surface area contributed by atoms with Gasteiger partial charge >= 0.3 is 5.97 Å². The van der Waals surface area contributed by atoms with Gasteiger partial charge in [0.2, 0.25) is 5.88 Å². The Kier molecular flexibility index (Phi) is 6.66. The highest BCUT2D eigenvalue weighted by Gasteiger charge is 2.25. The highest BCUT2D eigenvalue weighted by Crippen LogP contribution is 2.42. The Morgan fingerprint density at radius 2 is 1.66 bits per heavy atom. The van der Waals surface area contributed by atoms with Crippen LogP contribution in [0.3, 0.4) is 0 Å². The van der Waals surface area contributed by atoms with Crippen molar-refractivity contribution in [2.75, 3.05) is 5.32 Å². The molecule has 190 valence electrons. The summed E-state index contributed by atoms with van der Waals surface area (Å²) in [6.07, 6.45) is 1.45. The summed E-state index contributed by atoms with van der Waals surface area (Å²) in [7, 11) is 0. The Bertz CT molecular complexity index is 1630. The molecule has 7 nitrogen and oxygen atoms in total. The number of rotatable bonds is 6. The van der Waals surface area contributed by atoms with Crippen LogP contribution in [0.1, 0.15) is 34.2 Å². The number of nitrogens with zero attached hydrogens (tertiary/aromatic N) is 2. The van der Waals surface area contributed by atoms with E-state index in [4.69, 9.17) is 14.3 Å². The first-order valence-corrected chi connectivity index (χ1v) is 12.2. The largest absolute Gasteiger partial charge is 0.459 e. The van der Waals surface area contributed by atoms with Crippen LogP contribution in [0.4, 0.5) is 5.69 Å². The van der Waals surface area contributed by atoms with Gasteiger partial charge in [0.1, 0.15) is 5.69 Å². The fourth-order valence-electron chi connectivity index (χ4n) is 4.34. The van der Waals surface area contributed by atoms with Crippen LogP contribution in [0.15, 0.2) is 89.5 Å². The van der Waals surface area contributed by atoms with Gasteiger partial charge in [-0.3, -0.25) is 9.59 Å². The second-order valence-corrected chi connectivity index (χ2v) is 9.13. The number of ether oxygens (including phenoxy) is 1. The molecule has 7 heteroatoms. The Labute approximate surface area is 220 Å². The second kappa shape index (κ2) is 10.2. The average Bonchev–Trinajstić information content (AvgIpc) is 3.55. The molecular formula is C31H27N3O4. The summed E-state index contributed by atoms with van der Waals surface area (Å²) in [5.74, 6) is -0.236. The molecule has 0 saturated carbocycles. The lowest BCUT2D eigenvalue weighted by Gasteiger charge is -2.13. The second-order valence-electron chi connectivity index (χ2n) is 9.13. The normalized spacial score (nSPS) is 10.8. The van der Waals surface area contributed by atoms with E-state index in [1.54, 1.807) is 28.9 Å². The number of amides is 1. The van der Waals surface area contributed by atoms with Gasteiger partial charge in [-0.1, -0.05) is 48.0 Å². The predicted molar refractivity (Wildman–Crippen MR) is 147 cm³/mol. The molecule has 0 radical (unpaired) electrons. The number of carbonyl (C=O) groups is 2. The zero-order chi connectivity index (χ0) is 26.8. The molecule has 5 aromatic rings. The quantitative estimate of drug-likeness (QED) is 0.254. The Hall–Kier alpha value is -4.91. The van der Waals surface area contributed by atoms with E-state index in [0.717, 1.165) is 33.5 Å². The molecule has 0 aliphatic carbocycles. The summed E-state index contributed by atoms with van der Waals surface area (Å²) in [6, 6.07) is 24.6. The number of aryl methyl sites for hydroxylation is 2. The smallest absolute Gasteiger partial charge is 0.309 e. The fraction of sp³-hybridized carbons (Fsp3) is 0.129. The summed E-state index contributed by atoms with van der Waals surface area (Å²) in [4.78, 5) is 24.7. The van der Waals surface area contributed by atoms with Crippen LogP contribution >= 0.6 is 0 Å². The summed E-state index contributed by atoms with van der Waals surface area (Å²) >= 11 is 0. The number of carbonyl (C=O) groups excluding carboxylic acids is 2. The molecule has 2 heterocycles. The van der Waals surface area contributed by atoms with Crippen molar-refractivity contribution in [1.82, 2.24) is 9.78 Å². The molecule has 0 spiro atoms. The molecule has 38 heavy (non-hydrogen) atoms. The van der Waals surface area contributed by atoms with E-state index < -0.39 is 5.97 Å². The summed E-state index contributed by atoms with van der Waals surface area (Å²) < 4.78 is 12.7. The van der Waals surface area contributed by atoms with E-state index in [1.165, 1.54) is 13.2 Å². The van der Waals surface area contributed by atoms with Crippen molar-refractivity contribution in [2.45, 2.75) is 27.7 Å². The van der Waals surface area contributed by atoms with Crippen LogP contribution in [-0.2, 0) is 4.79 Å². The van der Waals surface area contributed by atoms with Crippen molar-refractivity contribution in [1.29, 1.82) is 0 Å². The summed E-state index contributed by atoms with van der Waals surface area (Å²) in [6.45, 7) is 7.45. The molecule has 2 aromatic heterocycles. The average molecular weight is 506 g/mol. The number of nitrogens with one attached hydrogen (secondary N) is 1. The molecule has 0 unspecified atom stereocenters. The maximum atomic E-state index is 12.4. The molecule has 0 aliphatic rings. The van der Waals surface area contributed by atoms with Gasteiger partial charge in [0.25, 0.3) is 5.91 Å². The lowest BCUT2D eigenvalue weighted by atomic mass is 10.00. The van der Waals surface area contributed by atoms with Crippen LogP contribution in [0.5, 0.6) is 5.88 Å². The van der Waals surface area contributed by atoms with Crippen molar-refractivity contribution < 1.29 is 18.7 Å². The number of hydrogen-bond acceptors (Lipinski definition) is 5. The maximum absolute atomic E-state index is 12.4. The Balaban J connectivity index is 1.67. The lowest BCUT2D eigenvalue weighted by molar-refractivity contribution is -0.132. The fourth-order valence-corrected chi connectivity index (χ4v) is 4.34. The zero-order valence-electron chi connectivity index (χ0n) is 21.6. The van der Waals surface area contributed by atoms with Crippen molar-refractivity contribution in [2.24, 2.45) is 0 Å². The Morgan fingerprint density at radius 3 is 2.34 bits per heavy atom. The van der Waals surface area contributed by atoms with Crippen LogP contribution in [-0.4, -0.2) is 21.7 Å². The molecule has 0 aliphatic heterocycles. The van der Waals surface area contributed by atoms with Crippen molar-refractivity contribution in [3.63, 3.8) is 0 Å². The first-order valence-electron chi connectivity index (χ1n) is 12.2. The number of benzene rings is 3. The SMILES string of the molecule is CC(=O)Oc1c(-c2ccc(NC(=O)c3ccco3)cc2)c(-c2cccc(C)c2)nn1-c1cccc(C)c1C. The van der Waals surface area contributed by atoms with Crippen LogP contribution in [0, 0.1) is 20.8 Å². The molecule has 0 saturated heterocycles. The van der Waals surface area contributed by atoms with Gasteiger partial charge in [0, 0.05) is 18.2 Å². The van der Waals surface area contributed by atoms with Gasteiger partial charge in [-0.15, -0.1) is 0 Å². The predicted octanol–water partition coefficient (Wildman–Crippen LogP) is 6.90. The summed E-state index contributed by atoms with van der Waals surface area (Å²) in [5.41, 5.74) is 7.67. The van der Waals surface area contributed by atoms with Gasteiger partial charge in [-0.2, -0.15) is 9.78 Å². The number of hydrogen-bond donors (Lipinski definition) is 1. The Morgan fingerprint density at radius 1 is 0.895 bits per heavy atom. The molecule has 1 amide bonds. The van der Waals surface area contributed by atoms with E-state index >= 15 is 0 Å². The van der Waals surface area contributed by atoms with Crippen LogP contribution in [0.2, 0.25) is 0 Å². The highest BCUT2D eigenvalue weighted by molar-refractivity contribution is 6.02. The van der Waals surface area contributed by atoms with Gasteiger partial charge in [0.05, 0.1) is 17.5 Å². The zero-order valence-corrected chi connectivity index (χ0v) is 21.6. The van der Waals surface area contributed by atoms with E-state index in [9.17, 15) is 9.59 Å². The minimum Gasteiger partial charge on any atom is -0.459 e. The van der Waals surface area contributed by atoms with Crippen molar-refractivity contribution in [3.8, 4) is 34.0 Å². The van der Waals surface area contributed by atoms with Crippen molar-refractivity contribution in [3.05, 3.63) is 108 Å². The summed E-state index contributed by atoms with van der Waals surface area (Å²) in [5, 5.41) is 7.81. The molecule has 5 rings (SSSR count). The van der Waals surface area contributed by atoms with E-state index in [1.807, 2.05) is 69.3 Å². The molecule has 0 atom stereocenters. The standard InChI is InChI=1S/C31H27N3O4/c1-19-8-5-10-24(18-19)29-28(23-13-15-25(16-14-23)32-30(36)27-12-7-17-37-27)31(38-22(4)35)34(33-29)26-11-6-9-20(2)21(26)3/h5-18H,1-4H3,(H,32,36). The van der Waals surface area contributed by atoms with Crippen LogP contribution < -0.4 is 10.1 Å². The van der Waals surface area contributed by atoms with Gasteiger partial charge in [-0.05, 0) is 73.9 Å². The maximum Gasteiger partial charge on any atom is 0.309 e. The molecule has 0 bridgehead atoms. The molecule has 3 aromatic carbocycles. The highest BCUT2D eigenvalue weighted by atomic mass is 16.5. The third-order valence-corrected chi connectivity index (χ3v) is 6.36. The lowest BCUT2D eigenvalue weighted by Crippen LogP contribution is -2.10. The third-order valence-electron chi connectivity index (χ3n) is 6.36. The minimum absolute atomic E-state index is 0.225. The topological polar surface area (TPSA) is 86.4 Å². The van der Waals surface area contributed by atoms with Crippen molar-refractivity contribution >= 4 is 17.6 Å². The van der Waals surface area contributed by atoms with E-state index in [-0.39, 0.29) is 11.7 Å². The van der Waals surface area contributed by atoms with Gasteiger partial charge < -0.3 is 14.5 Å². The molecule has 0 fully saturated rings. The first kappa shape index (κ1) is 24.8. The molecular weight excluding hydrogens is 478 g/mol. The third kappa shape index (κ3) is 4.86. The number of aromatic nitrogens is 2.